The number of amidine groups is 1. The molecule has 2 heterocycles. The van der Waals surface area contributed by atoms with Gasteiger partial charge in [0.25, 0.3) is 0 Å². The van der Waals surface area contributed by atoms with Crippen LogP contribution in [-0.4, -0.2) is 20.4 Å². The van der Waals surface area contributed by atoms with Crippen LogP contribution in [-0.2, 0) is 0 Å². The number of pyridine rings is 1. The van der Waals surface area contributed by atoms with Crippen LogP contribution in [0.15, 0.2) is 18.3 Å². The van der Waals surface area contributed by atoms with Gasteiger partial charge in [0, 0.05) is 17.7 Å². The SMILES string of the molecule is CC(C)c1nnc2ccc(C(=N)N)cn12. The first-order chi connectivity index (χ1) is 7.09. The number of aromatic nitrogens is 3. The largest absolute Gasteiger partial charge is 0.384 e. The molecule has 0 radical (unpaired) electrons. The van der Waals surface area contributed by atoms with Crippen molar-refractivity contribution >= 4 is 11.5 Å². The Morgan fingerprint density at radius 1 is 1.40 bits per heavy atom. The van der Waals surface area contributed by atoms with Gasteiger partial charge in [-0.2, -0.15) is 0 Å². The van der Waals surface area contributed by atoms with E-state index < -0.39 is 0 Å². The third-order valence-corrected chi connectivity index (χ3v) is 2.26. The van der Waals surface area contributed by atoms with E-state index >= 15 is 0 Å². The normalized spacial score (nSPS) is 11.1. The molecule has 0 aliphatic heterocycles. The van der Waals surface area contributed by atoms with Crippen LogP contribution in [0.4, 0.5) is 0 Å². The fraction of sp³-hybridized carbons (Fsp3) is 0.300. The Morgan fingerprint density at radius 3 is 2.73 bits per heavy atom. The molecule has 3 N–H and O–H groups in total. The number of fused-ring (bicyclic) bond motifs is 1. The zero-order chi connectivity index (χ0) is 11.0. The van der Waals surface area contributed by atoms with Crippen molar-refractivity contribution in [2.24, 2.45) is 5.73 Å². The summed E-state index contributed by atoms with van der Waals surface area (Å²) in [4.78, 5) is 0. The molecule has 0 aliphatic carbocycles. The summed E-state index contributed by atoms with van der Waals surface area (Å²) in [5, 5.41) is 15.5. The third-order valence-electron chi connectivity index (χ3n) is 2.26. The minimum atomic E-state index is 0.0558. The van der Waals surface area contributed by atoms with E-state index in [2.05, 4.69) is 24.0 Å². The summed E-state index contributed by atoms with van der Waals surface area (Å²) in [6.07, 6.45) is 1.80. The zero-order valence-corrected chi connectivity index (χ0v) is 8.73. The van der Waals surface area contributed by atoms with Crippen LogP contribution in [0.1, 0.15) is 31.2 Å². The van der Waals surface area contributed by atoms with Crippen molar-refractivity contribution in [3.63, 3.8) is 0 Å². The second kappa shape index (κ2) is 3.34. The number of rotatable bonds is 2. The first kappa shape index (κ1) is 9.64. The average molecular weight is 203 g/mol. The summed E-state index contributed by atoms with van der Waals surface area (Å²) in [6.45, 7) is 4.10. The van der Waals surface area contributed by atoms with E-state index in [0.29, 0.717) is 11.5 Å². The van der Waals surface area contributed by atoms with Crippen LogP contribution in [0.2, 0.25) is 0 Å². The first-order valence-electron chi connectivity index (χ1n) is 4.78. The minimum Gasteiger partial charge on any atom is -0.384 e. The summed E-state index contributed by atoms with van der Waals surface area (Å²) < 4.78 is 1.88. The molecule has 0 aromatic carbocycles. The predicted molar refractivity (Wildman–Crippen MR) is 58.1 cm³/mol. The molecule has 0 aliphatic rings. The number of nitrogen functional groups attached to an aromatic ring is 1. The highest BCUT2D eigenvalue weighted by molar-refractivity contribution is 5.94. The van der Waals surface area contributed by atoms with Crippen molar-refractivity contribution in [1.29, 1.82) is 5.41 Å². The molecule has 15 heavy (non-hydrogen) atoms. The molecule has 0 fully saturated rings. The Balaban J connectivity index is 2.66. The van der Waals surface area contributed by atoms with Gasteiger partial charge in [-0.3, -0.25) is 9.81 Å². The lowest BCUT2D eigenvalue weighted by Crippen LogP contribution is -2.12. The Hall–Kier alpha value is -1.91. The maximum atomic E-state index is 7.37. The molecule has 0 amide bonds. The van der Waals surface area contributed by atoms with Crippen molar-refractivity contribution < 1.29 is 0 Å². The van der Waals surface area contributed by atoms with Crippen molar-refractivity contribution in [2.45, 2.75) is 19.8 Å². The molecule has 78 valence electrons. The third kappa shape index (κ3) is 1.56. The fourth-order valence-corrected chi connectivity index (χ4v) is 1.46. The van der Waals surface area contributed by atoms with Gasteiger partial charge in [-0.15, -0.1) is 10.2 Å². The van der Waals surface area contributed by atoms with Gasteiger partial charge >= 0.3 is 0 Å². The monoisotopic (exact) mass is 203 g/mol. The average Bonchev–Trinajstić information content (AvgIpc) is 2.59. The van der Waals surface area contributed by atoms with Crippen molar-refractivity contribution in [3.8, 4) is 0 Å². The van der Waals surface area contributed by atoms with E-state index in [1.54, 1.807) is 12.3 Å². The Bertz CT molecular complexity index is 512. The smallest absolute Gasteiger partial charge is 0.160 e. The van der Waals surface area contributed by atoms with E-state index in [1.165, 1.54) is 0 Å². The molecular weight excluding hydrogens is 190 g/mol. The Morgan fingerprint density at radius 2 is 2.13 bits per heavy atom. The summed E-state index contributed by atoms with van der Waals surface area (Å²) in [5.41, 5.74) is 6.89. The number of nitrogens with one attached hydrogen (secondary N) is 1. The minimum absolute atomic E-state index is 0.0558. The highest BCUT2D eigenvalue weighted by Gasteiger charge is 2.09. The number of nitrogens with two attached hydrogens (primary N) is 1. The van der Waals surface area contributed by atoms with Crippen LogP contribution >= 0.6 is 0 Å². The van der Waals surface area contributed by atoms with Gasteiger partial charge in [0.1, 0.15) is 11.7 Å². The molecule has 0 saturated carbocycles. The van der Waals surface area contributed by atoms with Crippen molar-refractivity contribution in [2.75, 3.05) is 0 Å². The van der Waals surface area contributed by atoms with Gasteiger partial charge in [0.05, 0.1) is 0 Å². The lowest BCUT2D eigenvalue weighted by molar-refractivity contribution is 0.759. The Kier molecular flexibility index (Phi) is 2.15. The van der Waals surface area contributed by atoms with Gasteiger partial charge in [-0.05, 0) is 12.1 Å². The van der Waals surface area contributed by atoms with Crippen LogP contribution in [0.3, 0.4) is 0 Å². The number of hydrogen-bond acceptors (Lipinski definition) is 3. The number of nitrogens with zero attached hydrogens (tertiary/aromatic N) is 3. The lowest BCUT2D eigenvalue weighted by atomic mass is 10.2. The van der Waals surface area contributed by atoms with Gasteiger partial charge < -0.3 is 5.73 Å². The summed E-state index contributed by atoms with van der Waals surface area (Å²) in [5.74, 6) is 1.23. The van der Waals surface area contributed by atoms with E-state index in [1.807, 2.05) is 10.5 Å². The van der Waals surface area contributed by atoms with Crippen LogP contribution in [0.25, 0.3) is 5.65 Å². The second-order valence-electron chi connectivity index (χ2n) is 3.77. The maximum Gasteiger partial charge on any atom is 0.160 e. The van der Waals surface area contributed by atoms with Crippen LogP contribution < -0.4 is 5.73 Å². The molecule has 0 saturated heterocycles. The molecular formula is C10H13N5. The molecule has 5 heteroatoms. The van der Waals surface area contributed by atoms with Crippen molar-refractivity contribution in [1.82, 2.24) is 14.6 Å². The first-order valence-corrected chi connectivity index (χ1v) is 4.78. The standard InChI is InChI=1S/C10H13N5/c1-6(2)10-14-13-8-4-3-7(9(11)12)5-15(8)10/h3-6H,1-2H3,(H3,11,12). The molecule has 0 atom stereocenters. The number of hydrogen-bond donors (Lipinski definition) is 2. The second-order valence-corrected chi connectivity index (χ2v) is 3.77. The van der Waals surface area contributed by atoms with Crippen molar-refractivity contribution in [3.05, 3.63) is 29.7 Å². The molecule has 0 bridgehead atoms. The van der Waals surface area contributed by atoms with Gasteiger partial charge in [-0.1, -0.05) is 13.8 Å². The highest BCUT2D eigenvalue weighted by Crippen LogP contribution is 2.14. The maximum absolute atomic E-state index is 7.37. The van der Waals surface area contributed by atoms with Crippen LogP contribution in [0, 0.1) is 5.41 Å². The molecule has 0 spiro atoms. The topological polar surface area (TPSA) is 80.1 Å². The summed E-state index contributed by atoms with van der Waals surface area (Å²) in [7, 11) is 0. The van der Waals surface area contributed by atoms with Gasteiger partial charge in [0.15, 0.2) is 5.65 Å². The molecule has 2 rings (SSSR count). The van der Waals surface area contributed by atoms with E-state index in [-0.39, 0.29) is 5.84 Å². The summed E-state index contributed by atoms with van der Waals surface area (Å²) >= 11 is 0. The predicted octanol–water partition coefficient (Wildman–Crippen LogP) is 1.14. The Labute approximate surface area is 87.4 Å². The summed E-state index contributed by atoms with van der Waals surface area (Å²) in [6, 6.07) is 3.59. The molecule has 2 aromatic heterocycles. The lowest BCUT2D eigenvalue weighted by Gasteiger charge is -2.04. The van der Waals surface area contributed by atoms with Crippen LogP contribution in [0.5, 0.6) is 0 Å². The molecule has 5 nitrogen and oxygen atoms in total. The van der Waals surface area contributed by atoms with E-state index in [9.17, 15) is 0 Å². The fourth-order valence-electron chi connectivity index (χ4n) is 1.46. The molecule has 2 aromatic rings. The van der Waals surface area contributed by atoms with Gasteiger partial charge in [-0.25, -0.2) is 0 Å². The van der Waals surface area contributed by atoms with E-state index in [4.69, 9.17) is 11.1 Å². The quantitative estimate of drug-likeness (QED) is 0.567. The highest BCUT2D eigenvalue weighted by atomic mass is 15.2. The van der Waals surface area contributed by atoms with Gasteiger partial charge in [0.2, 0.25) is 0 Å². The van der Waals surface area contributed by atoms with E-state index in [0.717, 1.165) is 11.5 Å². The zero-order valence-electron chi connectivity index (χ0n) is 8.73. The molecule has 0 unspecified atom stereocenters.